The highest BCUT2D eigenvalue weighted by Crippen LogP contribution is 2.27. The van der Waals surface area contributed by atoms with Crippen LogP contribution in [0.4, 0.5) is 5.82 Å². The van der Waals surface area contributed by atoms with E-state index in [1.807, 2.05) is 41.2 Å². The molecule has 0 saturated heterocycles. The second kappa shape index (κ2) is 18.2. The Bertz CT molecular complexity index is 1750. The molecule has 0 fully saturated rings. The van der Waals surface area contributed by atoms with Crippen molar-refractivity contribution in [3.05, 3.63) is 95.9 Å². The lowest BCUT2D eigenvalue weighted by molar-refractivity contribution is -0.145. The number of anilines is 1. The number of hydrogen-bond donors (Lipinski definition) is 1. The Morgan fingerprint density at radius 2 is 1.82 bits per heavy atom. The molecule has 0 aliphatic heterocycles. The number of methoxy groups -OCH3 is 1. The van der Waals surface area contributed by atoms with Crippen LogP contribution in [0.5, 0.6) is 0 Å². The lowest BCUT2D eigenvalue weighted by Crippen LogP contribution is -2.53. The van der Waals surface area contributed by atoms with E-state index in [1.54, 1.807) is 48.2 Å². The maximum atomic E-state index is 13.7. The molecule has 4 rings (SSSR count). The number of ether oxygens (including phenoxy) is 1. The number of aromatic nitrogens is 2. The highest BCUT2D eigenvalue weighted by molar-refractivity contribution is 7.98. The van der Waals surface area contributed by atoms with Crippen LogP contribution in [0.3, 0.4) is 0 Å². The predicted octanol–water partition coefficient (Wildman–Crippen LogP) is 5.64. The molecule has 0 aliphatic carbocycles. The minimum Gasteiger partial charge on any atom is -0.467 e. The average molecular weight is 683 g/mol. The standard InChI is InChI=1S/C38H46N6O4S/c1-6-27(2)35(44(28(3)45)37-21-40-26-43(37)22-30-16-14-29(20-39)15-17-30)24-42(23-32-12-9-11-31-10-7-8-13-33(31)32)25-36(46)41-34(18-19-49-5)38(47)48-4/h7-17,21,26-27,34-35H,6,18-19,22-25H2,1-5H3,(H,41,46)/t27-,34-,35+/m0/s1. The van der Waals surface area contributed by atoms with Gasteiger partial charge in [-0.15, -0.1) is 0 Å². The normalized spacial score (nSPS) is 13.0. The fourth-order valence-electron chi connectivity index (χ4n) is 6.06. The van der Waals surface area contributed by atoms with Crippen molar-refractivity contribution < 1.29 is 19.1 Å². The van der Waals surface area contributed by atoms with Crippen LogP contribution in [0.2, 0.25) is 0 Å². The number of esters is 1. The summed E-state index contributed by atoms with van der Waals surface area (Å²) < 4.78 is 6.93. The molecule has 1 N–H and O–H groups in total. The number of amides is 2. The van der Waals surface area contributed by atoms with Crippen LogP contribution in [-0.2, 0) is 32.2 Å². The lowest BCUT2D eigenvalue weighted by Gasteiger charge is -2.38. The average Bonchev–Trinajstić information content (AvgIpc) is 3.56. The van der Waals surface area contributed by atoms with E-state index in [9.17, 15) is 19.6 Å². The van der Waals surface area contributed by atoms with Gasteiger partial charge in [-0.3, -0.25) is 19.4 Å². The zero-order chi connectivity index (χ0) is 35.3. The number of benzene rings is 3. The molecule has 258 valence electrons. The van der Waals surface area contributed by atoms with Crippen molar-refractivity contribution in [2.45, 2.75) is 58.8 Å². The molecule has 4 aromatic rings. The highest BCUT2D eigenvalue weighted by Gasteiger charge is 2.32. The first kappa shape index (κ1) is 37.2. The third kappa shape index (κ3) is 9.94. The number of hydrogen-bond acceptors (Lipinski definition) is 8. The number of carbonyl (C=O) groups is 3. The Morgan fingerprint density at radius 1 is 1.08 bits per heavy atom. The molecule has 0 spiro atoms. The number of nitriles is 1. The molecular weight excluding hydrogens is 637 g/mol. The van der Waals surface area contributed by atoms with Gasteiger partial charge in [-0.1, -0.05) is 74.9 Å². The number of nitrogens with zero attached hydrogens (tertiary/aromatic N) is 5. The summed E-state index contributed by atoms with van der Waals surface area (Å²) >= 11 is 1.60. The fourth-order valence-corrected chi connectivity index (χ4v) is 6.53. The molecule has 0 saturated carbocycles. The summed E-state index contributed by atoms with van der Waals surface area (Å²) in [6.07, 6.45) is 6.62. The van der Waals surface area contributed by atoms with Gasteiger partial charge in [0.1, 0.15) is 11.9 Å². The van der Waals surface area contributed by atoms with Crippen molar-refractivity contribution in [3.8, 4) is 6.07 Å². The molecule has 10 nitrogen and oxygen atoms in total. The van der Waals surface area contributed by atoms with E-state index in [0.717, 1.165) is 28.3 Å². The van der Waals surface area contributed by atoms with E-state index in [0.29, 0.717) is 43.2 Å². The summed E-state index contributed by atoms with van der Waals surface area (Å²) in [6.45, 7) is 7.09. The maximum Gasteiger partial charge on any atom is 0.328 e. The second-order valence-electron chi connectivity index (χ2n) is 12.3. The first-order valence-corrected chi connectivity index (χ1v) is 17.9. The SMILES string of the molecule is CC[C@H](C)[C@@H](CN(CC(=O)N[C@@H](CCSC)C(=O)OC)Cc1cccc2ccccc12)N(C(C)=O)c1cncn1Cc1ccc(C#N)cc1. The topological polar surface area (TPSA) is 121 Å². The Hall–Kier alpha value is -4.66. The van der Waals surface area contributed by atoms with E-state index >= 15 is 0 Å². The molecule has 0 radical (unpaired) electrons. The van der Waals surface area contributed by atoms with Crippen LogP contribution >= 0.6 is 11.8 Å². The Kier molecular flexibility index (Phi) is 13.8. The molecule has 3 atom stereocenters. The van der Waals surface area contributed by atoms with Crippen LogP contribution in [0, 0.1) is 17.2 Å². The third-order valence-electron chi connectivity index (χ3n) is 8.86. The Balaban J connectivity index is 1.69. The minimum absolute atomic E-state index is 0.0131. The minimum atomic E-state index is -0.750. The smallest absolute Gasteiger partial charge is 0.328 e. The van der Waals surface area contributed by atoms with E-state index in [-0.39, 0.29) is 30.3 Å². The number of imidazole rings is 1. The van der Waals surface area contributed by atoms with E-state index in [4.69, 9.17) is 4.74 Å². The van der Waals surface area contributed by atoms with Crippen LogP contribution in [0.1, 0.15) is 50.3 Å². The summed E-state index contributed by atoms with van der Waals surface area (Å²) in [4.78, 5) is 48.1. The first-order valence-electron chi connectivity index (χ1n) is 16.5. The fraction of sp³-hybridized carbons (Fsp3) is 0.395. The van der Waals surface area contributed by atoms with E-state index in [2.05, 4.69) is 59.4 Å². The summed E-state index contributed by atoms with van der Waals surface area (Å²) in [5, 5.41) is 14.3. The number of fused-ring (bicyclic) bond motifs is 1. The molecule has 0 aliphatic rings. The van der Waals surface area contributed by atoms with Crippen LogP contribution < -0.4 is 10.2 Å². The van der Waals surface area contributed by atoms with Gasteiger partial charge in [0.05, 0.1) is 50.4 Å². The van der Waals surface area contributed by atoms with Gasteiger partial charge in [0.25, 0.3) is 0 Å². The largest absolute Gasteiger partial charge is 0.467 e. The molecule has 0 unspecified atom stereocenters. The zero-order valence-corrected chi connectivity index (χ0v) is 29.8. The Labute approximate surface area is 293 Å². The molecule has 1 heterocycles. The zero-order valence-electron chi connectivity index (χ0n) is 29.0. The molecule has 11 heteroatoms. The van der Waals surface area contributed by atoms with Gasteiger partial charge in [-0.05, 0) is 58.4 Å². The lowest BCUT2D eigenvalue weighted by atomic mass is 9.96. The molecule has 1 aromatic heterocycles. The number of rotatable bonds is 17. The van der Waals surface area contributed by atoms with Gasteiger partial charge in [0.15, 0.2) is 0 Å². The van der Waals surface area contributed by atoms with Crippen LogP contribution in [-0.4, -0.2) is 76.5 Å². The van der Waals surface area contributed by atoms with Gasteiger partial charge < -0.3 is 14.6 Å². The van der Waals surface area contributed by atoms with Crippen molar-refractivity contribution in [2.24, 2.45) is 5.92 Å². The van der Waals surface area contributed by atoms with Gasteiger partial charge >= 0.3 is 5.97 Å². The number of nitrogens with one attached hydrogen (secondary N) is 1. The predicted molar refractivity (Wildman–Crippen MR) is 195 cm³/mol. The highest BCUT2D eigenvalue weighted by atomic mass is 32.2. The van der Waals surface area contributed by atoms with Crippen molar-refractivity contribution in [2.75, 3.05) is 37.1 Å². The second-order valence-corrected chi connectivity index (χ2v) is 13.2. The van der Waals surface area contributed by atoms with Crippen LogP contribution in [0.15, 0.2) is 79.3 Å². The molecule has 3 aromatic carbocycles. The third-order valence-corrected chi connectivity index (χ3v) is 9.51. The van der Waals surface area contributed by atoms with Crippen molar-refractivity contribution in [1.82, 2.24) is 19.8 Å². The first-order chi connectivity index (χ1) is 23.7. The van der Waals surface area contributed by atoms with Crippen molar-refractivity contribution in [3.63, 3.8) is 0 Å². The van der Waals surface area contributed by atoms with Crippen LogP contribution in [0.25, 0.3) is 10.8 Å². The summed E-state index contributed by atoms with van der Waals surface area (Å²) in [5.41, 5.74) is 2.60. The van der Waals surface area contributed by atoms with Gasteiger partial charge in [-0.2, -0.15) is 17.0 Å². The summed E-state index contributed by atoms with van der Waals surface area (Å²) in [5.74, 6) is 0.506. The van der Waals surface area contributed by atoms with Crippen molar-refractivity contribution in [1.29, 1.82) is 5.26 Å². The number of thioether (sulfide) groups is 1. The molecule has 49 heavy (non-hydrogen) atoms. The van der Waals surface area contributed by atoms with Gasteiger partial charge in [0, 0.05) is 20.0 Å². The van der Waals surface area contributed by atoms with E-state index < -0.39 is 12.0 Å². The quantitative estimate of drug-likeness (QED) is 0.142. The molecule has 0 bridgehead atoms. The van der Waals surface area contributed by atoms with E-state index in [1.165, 1.54) is 7.11 Å². The van der Waals surface area contributed by atoms with Gasteiger partial charge in [-0.25, -0.2) is 9.78 Å². The molecule has 2 amide bonds. The monoisotopic (exact) mass is 682 g/mol. The maximum absolute atomic E-state index is 13.7. The molecular formula is C38H46N6O4S. The Morgan fingerprint density at radius 3 is 2.49 bits per heavy atom. The van der Waals surface area contributed by atoms with Crippen molar-refractivity contribution >= 4 is 46.1 Å². The summed E-state index contributed by atoms with van der Waals surface area (Å²) in [6, 6.07) is 22.7. The number of carbonyl (C=O) groups excluding carboxylic acids is 3. The van der Waals surface area contributed by atoms with Gasteiger partial charge in [0.2, 0.25) is 11.8 Å². The summed E-state index contributed by atoms with van der Waals surface area (Å²) in [7, 11) is 1.33.